The van der Waals surface area contributed by atoms with Gasteiger partial charge < -0.3 is 9.80 Å². The van der Waals surface area contributed by atoms with Gasteiger partial charge in [-0.2, -0.15) is 0 Å². The van der Waals surface area contributed by atoms with Crippen LogP contribution in [0.25, 0.3) is 0 Å². The first kappa shape index (κ1) is 11.0. The highest BCUT2D eigenvalue weighted by molar-refractivity contribution is 4.90. The molecule has 0 saturated heterocycles. The van der Waals surface area contributed by atoms with Crippen molar-refractivity contribution in [3.05, 3.63) is 18.0 Å². The molecule has 0 atom stereocenters. The molecule has 0 unspecified atom stereocenters. The van der Waals surface area contributed by atoms with E-state index in [1.807, 2.05) is 38.0 Å². The number of nitrogens with zero attached hydrogens (tertiary/aromatic N) is 5. The van der Waals surface area contributed by atoms with E-state index in [0.717, 1.165) is 24.7 Å². The van der Waals surface area contributed by atoms with E-state index >= 15 is 0 Å². The molecular weight excluding hydrogens is 178 g/mol. The number of hydrogen-bond acceptors (Lipinski definition) is 5. The van der Waals surface area contributed by atoms with Crippen LogP contribution in [0.5, 0.6) is 0 Å². The molecule has 14 heavy (non-hydrogen) atoms. The monoisotopic (exact) mass is 195 g/mol. The van der Waals surface area contributed by atoms with Gasteiger partial charge in [0.1, 0.15) is 18.0 Å². The van der Waals surface area contributed by atoms with Crippen molar-refractivity contribution < 1.29 is 0 Å². The second-order valence-electron chi connectivity index (χ2n) is 3.79. The Morgan fingerprint density at radius 2 is 1.36 bits per heavy atom. The number of aromatic nitrogens is 3. The summed E-state index contributed by atoms with van der Waals surface area (Å²) in [5.74, 6) is 1.64. The van der Waals surface area contributed by atoms with Crippen molar-refractivity contribution in [1.29, 1.82) is 0 Å². The molecule has 0 aliphatic rings. The highest BCUT2D eigenvalue weighted by Gasteiger charge is 2.02. The van der Waals surface area contributed by atoms with Gasteiger partial charge in [-0.1, -0.05) is 0 Å². The normalized spacial score (nSPS) is 11.3. The predicted octanol–water partition coefficient (Wildman–Crippen LogP) is -0.00520. The van der Waals surface area contributed by atoms with Crippen molar-refractivity contribution in [1.82, 2.24) is 24.8 Å². The molecule has 0 amide bonds. The molecule has 0 aliphatic carbocycles. The lowest BCUT2D eigenvalue weighted by Crippen LogP contribution is -2.17. The van der Waals surface area contributed by atoms with E-state index in [2.05, 4.69) is 15.0 Å². The molecule has 0 radical (unpaired) electrons. The molecule has 0 aromatic carbocycles. The highest BCUT2D eigenvalue weighted by Crippen LogP contribution is 1.96. The van der Waals surface area contributed by atoms with Gasteiger partial charge in [-0.05, 0) is 28.2 Å². The summed E-state index contributed by atoms with van der Waals surface area (Å²) in [7, 11) is 7.98. The van der Waals surface area contributed by atoms with Gasteiger partial charge in [-0.25, -0.2) is 15.0 Å². The summed E-state index contributed by atoms with van der Waals surface area (Å²) >= 11 is 0. The lowest BCUT2D eigenvalue weighted by molar-refractivity contribution is 0.373. The van der Waals surface area contributed by atoms with Crippen LogP contribution in [0.1, 0.15) is 11.6 Å². The fourth-order valence-corrected chi connectivity index (χ4v) is 1.09. The fourth-order valence-electron chi connectivity index (χ4n) is 1.09. The number of rotatable bonds is 4. The van der Waals surface area contributed by atoms with E-state index in [-0.39, 0.29) is 0 Å². The van der Waals surface area contributed by atoms with E-state index in [4.69, 9.17) is 0 Å². The molecule has 5 heteroatoms. The van der Waals surface area contributed by atoms with Crippen molar-refractivity contribution in [2.75, 3.05) is 28.2 Å². The molecule has 1 heterocycles. The van der Waals surface area contributed by atoms with E-state index in [0.29, 0.717) is 0 Å². The first-order valence-corrected chi connectivity index (χ1v) is 4.54. The van der Waals surface area contributed by atoms with Crippen LogP contribution < -0.4 is 0 Å². The molecule has 78 valence electrons. The van der Waals surface area contributed by atoms with Crippen molar-refractivity contribution in [2.24, 2.45) is 0 Å². The highest BCUT2D eigenvalue weighted by atomic mass is 15.1. The lowest BCUT2D eigenvalue weighted by Gasteiger charge is -2.10. The minimum atomic E-state index is 0.753. The quantitative estimate of drug-likeness (QED) is 0.676. The van der Waals surface area contributed by atoms with Crippen LogP contribution in [-0.2, 0) is 13.1 Å². The summed E-state index contributed by atoms with van der Waals surface area (Å²) in [5.41, 5.74) is 0. The smallest absolute Gasteiger partial charge is 0.146 e. The van der Waals surface area contributed by atoms with E-state index in [9.17, 15) is 0 Å². The third kappa shape index (κ3) is 3.76. The molecule has 0 N–H and O–H groups in total. The average Bonchev–Trinajstić information content (AvgIpc) is 2.01. The van der Waals surface area contributed by atoms with Gasteiger partial charge in [-0.15, -0.1) is 0 Å². The van der Waals surface area contributed by atoms with Crippen LogP contribution in [0.2, 0.25) is 0 Å². The first-order chi connectivity index (χ1) is 6.58. The van der Waals surface area contributed by atoms with Crippen molar-refractivity contribution in [2.45, 2.75) is 13.1 Å². The van der Waals surface area contributed by atoms with E-state index in [1.165, 1.54) is 0 Å². The Bertz CT molecular complexity index is 259. The maximum Gasteiger partial charge on any atom is 0.146 e. The van der Waals surface area contributed by atoms with Crippen LogP contribution >= 0.6 is 0 Å². The number of hydrogen-bond donors (Lipinski definition) is 0. The molecule has 0 fully saturated rings. The molecule has 5 nitrogen and oxygen atoms in total. The lowest BCUT2D eigenvalue weighted by atomic mass is 10.5. The van der Waals surface area contributed by atoms with Crippen LogP contribution in [0.3, 0.4) is 0 Å². The van der Waals surface area contributed by atoms with Gasteiger partial charge in [0, 0.05) is 0 Å². The third-order valence-corrected chi connectivity index (χ3v) is 1.59. The third-order valence-electron chi connectivity index (χ3n) is 1.59. The molecule has 1 aromatic rings. The largest absolute Gasteiger partial charge is 0.302 e. The summed E-state index contributed by atoms with van der Waals surface area (Å²) < 4.78 is 0. The van der Waals surface area contributed by atoms with E-state index in [1.54, 1.807) is 6.33 Å². The fraction of sp³-hybridized carbons (Fsp3) is 0.667. The van der Waals surface area contributed by atoms with Crippen LogP contribution in [0.15, 0.2) is 6.33 Å². The van der Waals surface area contributed by atoms with Gasteiger partial charge in [-0.3, -0.25) is 0 Å². The Morgan fingerprint density at radius 3 is 1.71 bits per heavy atom. The second kappa shape index (κ2) is 4.97. The van der Waals surface area contributed by atoms with Crippen LogP contribution in [-0.4, -0.2) is 52.9 Å². The minimum Gasteiger partial charge on any atom is -0.302 e. The van der Waals surface area contributed by atoms with Crippen molar-refractivity contribution in [3.63, 3.8) is 0 Å². The molecule has 0 aliphatic heterocycles. The molecule has 1 rings (SSSR count). The van der Waals surface area contributed by atoms with Crippen molar-refractivity contribution >= 4 is 0 Å². The zero-order chi connectivity index (χ0) is 10.6. The van der Waals surface area contributed by atoms with Crippen LogP contribution in [0, 0.1) is 0 Å². The topological polar surface area (TPSA) is 45.2 Å². The van der Waals surface area contributed by atoms with Crippen LogP contribution in [0.4, 0.5) is 0 Å². The van der Waals surface area contributed by atoms with Gasteiger partial charge in [0.2, 0.25) is 0 Å². The molecule has 0 spiro atoms. The van der Waals surface area contributed by atoms with E-state index < -0.39 is 0 Å². The molecule has 0 bridgehead atoms. The molecular formula is C9H17N5. The summed E-state index contributed by atoms with van der Waals surface area (Å²) in [4.78, 5) is 16.6. The maximum atomic E-state index is 4.35. The molecule has 0 saturated carbocycles. The summed E-state index contributed by atoms with van der Waals surface area (Å²) in [6.45, 7) is 1.51. The Hall–Kier alpha value is -1.07. The van der Waals surface area contributed by atoms with Crippen molar-refractivity contribution in [3.8, 4) is 0 Å². The predicted molar refractivity (Wildman–Crippen MR) is 54.6 cm³/mol. The Balaban J connectivity index is 2.68. The average molecular weight is 195 g/mol. The Morgan fingerprint density at radius 1 is 0.929 bits per heavy atom. The minimum absolute atomic E-state index is 0.753. The van der Waals surface area contributed by atoms with Gasteiger partial charge in [0.05, 0.1) is 13.1 Å². The summed E-state index contributed by atoms with van der Waals surface area (Å²) in [6.07, 6.45) is 1.57. The zero-order valence-corrected chi connectivity index (χ0v) is 9.23. The van der Waals surface area contributed by atoms with Gasteiger partial charge in [0.15, 0.2) is 0 Å². The maximum absolute atomic E-state index is 4.35. The Kier molecular flexibility index (Phi) is 3.91. The SMILES string of the molecule is CN(C)Cc1ncnc(CN(C)C)n1. The van der Waals surface area contributed by atoms with Gasteiger partial charge in [0.25, 0.3) is 0 Å². The first-order valence-electron chi connectivity index (χ1n) is 4.54. The zero-order valence-electron chi connectivity index (χ0n) is 9.23. The second-order valence-corrected chi connectivity index (χ2v) is 3.79. The molecule has 1 aromatic heterocycles. The van der Waals surface area contributed by atoms with Gasteiger partial charge >= 0.3 is 0 Å². The standard InChI is InChI=1S/C9H17N5/c1-13(2)5-8-10-7-11-9(12-8)6-14(3)4/h7H,5-6H2,1-4H3. The summed E-state index contributed by atoms with van der Waals surface area (Å²) in [6, 6.07) is 0. The Labute approximate surface area is 84.8 Å². The summed E-state index contributed by atoms with van der Waals surface area (Å²) in [5, 5.41) is 0.